The van der Waals surface area contributed by atoms with E-state index < -0.39 is 4.92 Å². The van der Waals surface area contributed by atoms with Gasteiger partial charge in [0.25, 0.3) is 5.69 Å². The van der Waals surface area contributed by atoms with E-state index in [-0.39, 0.29) is 5.69 Å². The van der Waals surface area contributed by atoms with E-state index in [2.05, 4.69) is 25.3 Å². The molecule has 0 atom stereocenters. The highest BCUT2D eigenvalue weighted by atomic mass is 32.1. The van der Waals surface area contributed by atoms with Crippen LogP contribution in [0, 0.1) is 17.0 Å². The van der Waals surface area contributed by atoms with Crippen molar-refractivity contribution in [3.05, 3.63) is 69.5 Å². The Labute approximate surface area is 158 Å². The Kier molecular flexibility index (Phi) is 4.43. The lowest BCUT2D eigenvalue weighted by Crippen LogP contribution is -2.05. The number of benzene rings is 1. The number of hydrogen-bond donors (Lipinski definition) is 1. The average Bonchev–Trinajstić information content (AvgIpc) is 3.08. The molecule has 3 heterocycles. The van der Waals surface area contributed by atoms with Crippen molar-refractivity contribution in [1.29, 1.82) is 0 Å². The summed E-state index contributed by atoms with van der Waals surface area (Å²) in [5, 5.41) is 17.2. The molecular weight excluding hydrogens is 364 g/mol. The summed E-state index contributed by atoms with van der Waals surface area (Å²) in [5.41, 5.74) is 2.52. The van der Waals surface area contributed by atoms with Crippen LogP contribution in [0.2, 0.25) is 0 Å². The molecule has 27 heavy (non-hydrogen) atoms. The highest BCUT2D eigenvalue weighted by Gasteiger charge is 2.14. The molecule has 4 aromatic rings. The van der Waals surface area contributed by atoms with E-state index in [0.29, 0.717) is 23.9 Å². The van der Waals surface area contributed by atoms with Crippen molar-refractivity contribution >= 4 is 33.1 Å². The van der Waals surface area contributed by atoms with E-state index in [0.717, 1.165) is 21.3 Å². The number of hydrogen-bond acceptors (Lipinski definition) is 8. The Morgan fingerprint density at radius 2 is 2.15 bits per heavy atom. The maximum Gasteiger partial charge on any atom is 0.269 e. The molecule has 1 aromatic carbocycles. The summed E-state index contributed by atoms with van der Waals surface area (Å²) in [6, 6.07) is 6.53. The van der Waals surface area contributed by atoms with Crippen molar-refractivity contribution < 1.29 is 4.92 Å². The van der Waals surface area contributed by atoms with Crippen LogP contribution in [0.15, 0.2) is 48.2 Å². The molecule has 8 nitrogen and oxygen atoms in total. The minimum absolute atomic E-state index is 0.0640. The van der Waals surface area contributed by atoms with Crippen LogP contribution in [0.5, 0.6) is 0 Å². The number of nitrogens with zero attached hydrogens (tertiary/aromatic N) is 5. The van der Waals surface area contributed by atoms with Gasteiger partial charge in [0.05, 0.1) is 16.5 Å². The fourth-order valence-electron chi connectivity index (χ4n) is 2.71. The zero-order chi connectivity index (χ0) is 18.8. The number of aromatic nitrogens is 4. The summed E-state index contributed by atoms with van der Waals surface area (Å²) in [7, 11) is 0. The smallest absolute Gasteiger partial charge is 0.269 e. The second kappa shape index (κ2) is 7.04. The number of rotatable bonds is 5. The van der Waals surface area contributed by atoms with Crippen LogP contribution >= 0.6 is 11.3 Å². The van der Waals surface area contributed by atoms with Gasteiger partial charge in [0, 0.05) is 31.1 Å². The molecule has 1 N–H and O–H groups in total. The number of nitro benzene ring substituents is 1. The number of aryl methyl sites for hydroxylation is 1. The minimum atomic E-state index is -0.401. The van der Waals surface area contributed by atoms with Gasteiger partial charge in [-0.05, 0) is 23.4 Å². The number of anilines is 1. The highest BCUT2D eigenvalue weighted by molar-refractivity contribution is 7.17. The third kappa shape index (κ3) is 3.44. The average molecular weight is 378 g/mol. The van der Waals surface area contributed by atoms with Crippen molar-refractivity contribution in [2.75, 3.05) is 5.32 Å². The molecule has 9 heteroatoms. The first-order valence-corrected chi connectivity index (χ1v) is 8.99. The summed E-state index contributed by atoms with van der Waals surface area (Å²) >= 11 is 1.54. The second-order valence-electron chi connectivity index (χ2n) is 5.87. The van der Waals surface area contributed by atoms with Gasteiger partial charge in [0.1, 0.15) is 16.3 Å². The first-order valence-electron chi connectivity index (χ1n) is 8.11. The third-order valence-electron chi connectivity index (χ3n) is 3.99. The Bertz CT molecular complexity index is 1130. The lowest BCUT2D eigenvalue weighted by atomic mass is 10.2. The van der Waals surface area contributed by atoms with Gasteiger partial charge in [0.2, 0.25) is 0 Å². The van der Waals surface area contributed by atoms with Crippen molar-refractivity contribution in [3.63, 3.8) is 0 Å². The third-order valence-corrected chi connectivity index (χ3v) is 4.98. The van der Waals surface area contributed by atoms with Crippen molar-refractivity contribution in [2.24, 2.45) is 0 Å². The monoisotopic (exact) mass is 378 g/mol. The Morgan fingerprint density at radius 3 is 2.93 bits per heavy atom. The Hall–Kier alpha value is -3.46. The van der Waals surface area contributed by atoms with Gasteiger partial charge in [-0.25, -0.2) is 15.0 Å². The molecule has 0 unspecified atom stereocenters. The van der Waals surface area contributed by atoms with Crippen LogP contribution in [0.3, 0.4) is 0 Å². The highest BCUT2D eigenvalue weighted by Crippen LogP contribution is 2.31. The summed E-state index contributed by atoms with van der Waals surface area (Å²) in [6.45, 7) is 2.41. The normalized spacial score (nSPS) is 10.9. The van der Waals surface area contributed by atoms with Crippen LogP contribution in [0.4, 0.5) is 11.5 Å². The molecule has 3 aromatic heterocycles. The molecule has 0 amide bonds. The van der Waals surface area contributed by atoms with E-state index >= 15 is 0 Å². The number of nitro groups is 1. The van der Waals surface area contributed by atoms with Gasteiger partial charge < -0.3 is 5.32 Å². The molecule has 0 aliphatic heterocycles. The fourth-order valence-corrected chi connectivity index (χ4v) is 3.63. The van der Waals surface area contributed by atoms with Crippen LogP contribution in [-0.4, -0.2) is 24.9 Å². The molecule has 134 valence electrons. The molecule has 0 bridgehead atoms. The van der Waals surface area contributed by atoms with Gasteiger partial charge in [-0.2, -0.15) is 0 Å². The molecule has 0 fully saturated rings. The Balaban J connectivity index is 1.71. The summed E-state index contributed by atoms with van der Waals surface area (Å²) in [5.74, 6) is 1.16. The van der Waals surface area contributed by atoms with E-state index in [9.17, 15) is 10.1 Å². The largest absolute Gasteiger partial charge is 0.365 e. The molecule has 0 aliphatic carbocycles. The van der Waals surface area contributed by atoms with Crippen LogP contribution in [-0.2, 0) is 6.54 Å². The van der Waals surface area contributed by atoms with Crippen LogP contribution in [0.1, 0.15) is 11.1 Å². The van der Waals surface area contributed by atoms with Crippen molar-refractivity contribution in [2.45, 2.75) is 13.5 Å². The van der Waals surface area contributed by atoms with E-state index in [1.165, 1.54) is 17.4 Å². The van der Waals surface area contributed by atoms with E-state index in [1.807, 2.05) is 18.4 Å². The SMILES string of the molecule is Cc1csc2nc(-c3cnccn3)nc(NCc3cccc([N+](=O)[O-])c3)c12. The zero-order valence-corrected chi connectivity index (χ0v) is 15.1. The molecule has 0 saturated carbocycles. The summed E-state index contributed by atoms with van der Waals surface area (Å²) in [4.78, 5) is 29.0. The van der Waals surface area contributed by atoms with Gasteiger partial charge in [0.15, 0.2) is 5.82 Å². The maximum absolute atomic E-state index is 11.0. The van der Waals surface area contributed by atoms with Gasteiger partial charge >= 0.3 is 0 Å². The van der Waals surface area contributed by atoms with E-state index in [1.54, 1.807) is 30.7 Å². The molecule has 0 spiro atoms. The van der Waals surface area contributed by atoms with Gasteiger partial charge in [-0.15, -0.1) is 11.3 Å². The maximum atomic E-state index is 11.0. The predicted molar refractivity (Wildman–Crippen MR) is 104 cm³/mol. The quantitative estimate of drug-likeness (QED) is 0.413. The topological polar surface area (TPSA) is 107 Å². The standard InChI is InChI=1S/C18H14N6O2S/c1-11-10-27-18-15(11)17(22-16(23-18)14-9-19-5-6-20-14)21-8-12-3-2-4-13(7-12)24(25)26/h2-7,9-10H,8H2,1H3,(H,21,22,23). The van der Waals surface area contributed by atoms with Crippen LogP contribution < -0.4 is 5.32 Å². The fraction of sp³-hybridized carbons (Fsp3) is 0.111. The number of fused-ring (bicyclic) bond motifs is 1. The lowest BCUT2D eigenvalue weighted by Gasteiger charge is -2.09. The van der Waals surface area contributed by atoms with E-state index in [4.69, 9.17) is 0 Å². The van der Waals surface area contributed by atoms with Crippen LogP contribution in [0.25, 0.3) is 21.7 Å². The molecular formula is C18H14N6O2S. The van der Waals surface area contributed by atoms with Crippen molar-refractivity contribution in [1.82, 2.24) is 19.9 Å². The second-order valence-corrected chi connectivity index (χ2v) is 6.72. The number of non-ortho nitro benzene ring substituents is 1. The summed E-state index contributed by atoms with van der Waals surface area (Å²) < 4.78 is 0. The van der Waals surface area contributed by atoms with Gasteiger partial charge in [-0.3, -0.25) is 15.1 Å². The number of thiophene rings is 1. The predicted octanol–water partition coefficient (Wildman–Crippen LogP) is 3.98. The zero-order valence-electron chi connectivity index (χ0n) is 14.3. The number of nitrogens with one attached hydrogen (secondary N) is 1. The van der Waals surface area contributed by atoms with Gasteiger partial charge in [-0.1, -0.05) is 12.1 Å². The lowest BCUT2D eigenvalue weighted by molar-refractivity contribution is -0.384. The first-order chi connectivity index (χ1) is 13.1. The molecule has 4 rings (SSSR count). The Morgan fingerprint density at radius 1 is 1.26 bits per heavy atom. The molecule has 0 aliphatic rings. The molecule has 0 saturated heterocycles. The minimum Gasteiger partial charge on any atom is -0.365 e. The summed E-state index contributed by atoms with van der Waals surface area (Å²) in [6.07, 6.45) is 4.81. The molecule has 0 radical (unpaired) electrons. The first kappa shape index (κ1) is 17.0. The van der Waals surface area contributed by atoms with Crippen molar-refractivity contribution in [3.8, 4) is 11.5 Å².